The smallest absolute Gasteiger partial charge is 0.308 e. The van der Waals surface area contributed by atoms with E-state index < -0.39 is 0 Å². The highest BCUT2D eigenvalue weighted by atomic mass is 19.1. The SMILES string of the molecule is COC(=O)C1CCCC(c2nc3cc(F)ccc3o2)C1. The standard InChI is InChI=1S/C15H16FNO3/c1-19-15(18)10-4-2-3-9(7-10)14-17-12-8-11(16)5-6-13(12)20-14/h5-6,8-10H,2-4,7H2,1H3. The zero-order valence-electron chi connectivity index (χ0n) is 11.3. The lowest BCUT2D eigenvalue weighted by Crippen LogP contribution is -2.23. The lowest BCUT2D eigenvalue weighted by molar-refractivity contribution is -0.146. The summed E-state index contributed by atoms with van der Waals surface area (Å²) >= 11 is 0. The van der Waals surface area contributed by atoms with E-state index in [0.717, 1.165) is 19.3 Å². The number of nitrogens with zero attached hydrogens (tertiary/aromatic N) is 1. The monoisotopic (exact) mass is 277 g/mol. The number of methoxy groups -OCH3 is 1. The molecule has 0 aliphatic heterocycles. The molecule has 106 valence electrons. The van der Waals surface area contributed by atoms with Crippen molar-refractivity contribution in [3.05, 3.63) is 29.9 Å². The lowest BCUT2D eigenvalue weighted by Gasteiger charge is -2.25. The van der Waals surface area contributed by atoms with Gasteiger partial charge in [0.2, 0.25) is 0 Å². The summed E-state index contributed by atoms with van der Waals surface area (Å²) in [6.07, 6.45) is 3.40. The van der Waals surface area contributed by atoms with Crippen LogP contribution in [0, 0.1) is 11.7 Å². The van der Waals surface area contributed by atoms with E-state index in [1.807, 2.05) is 0 Å². The van der Waals surface area contributed by atoms with Crippen molar-refractivity contribution in [2.24, 2.45) is 5.92 Å². The van der Waals surface area contributed by atoms with Gasteiger partial charge < -0.3 is 9.15 Å². The summed E-state index contributed by atoms with van der Waals surface area (Å²) in [5, 5.41) is 0. The third kappa shape index (κ3) is 2.40. The molecule has 0 N–H and O–H groups in total. The number of oxazole rings is 1. The molecule has 3 rings (SSSR count). The number of rotatable bonds is 2. The van der Waals surface area contributed by atoms with Crippen LogP contribution in [-0.2, 0) is 9.53 Å². The van der Waals surface area contributed by atoms with E-state index in [9.17, 15) is 9.18 Å². The Morgan fingerprint density at radius 3 is 3.10 bits per heavy atom. The molecule has 1 heterocycles. The first-order valence-electron chi connectivity index (χ1n) is 6.81. The maximum atomic E-state index is 13.2. The van der Waals surface area contributed by atoms with Crippen LogP contribution in [0.5, 0.6) is 0 Å². The zero-order chi connectivity index (χ0) is 14.1. The van der Waals surface area contributed by atoms with Gasteiger partial charge in [0.15, 0.2) is 11.5 Å². The first kappa shape index (κ1) is 13.1. The molecular weight excluding hydrogens is 261 g/mol. The average molecular weight is 277 g/mol. The maximum Gasteiger partial charge on any atom is 0.308 e. The minimum atomic E-state index is -0.326. The van der Waals surface area contributed by atoms with Gasteiger partial charge in [0.1, 0.15) is 11.3 Å². The van der Waals surface area contributed by atoms with E-state index in [0.29, 0.717) is 23.4 Å². The predicted octanol–water partition coefficient (Wildman–Crippen LogP) is 3.41. The van der Waals surface area contributed by atoms with Crippen LogP contribution < -0.4 is 0 Å². The largest absolute Gasteiger partial charge is 0.469 e. The predicted molar refractivity (Wildman–Crippen MR) is 70.7 cm³/mol. The molecule has 1 aromatic heterocycles. The molecule has 0 saturated heterocycles. The lowest BCUT2D eigenvalue weighted by atomic mass is 9.81. The van der Waals surface area contributed by atoms with E-state index in [1.165, 1.54) is 19.2 Å². The highest BCUT2D eigenvalue weighted by molar-refractivity contribution is 5.73. The highest BCUT2D eigenvalue weighted by Crippen LogP contribution is 2.37. The number of esters is 1. The second-order valence-corrected chi connectivity index (χ2v) is 5.25. The van der Waals surface area contributed by atoms with Crippen LogP contribution in [0.4, 0.5) is 4.39 Å². The molecule has 2 aromatic rings. The average Bonchev–Trinajstić information content (AvgIpc) is 2.89. The Morgan fingerprint density at radius 1 is 1.45 bits per heavy atom. The Hall–Kier alpha value is -1.91. The second-order valence-electron chi connectivity index (χ2n) is 5.25. The van der Waals surface area contributed by atoms with Gasteiger partial charge in [-0.2, -0.15) is 0 Å². The number of benzene rings is 1. The van der Waals surface area contributed by atoms with E-state index >= 15 is 0 Å². The van der Waals surface area contributed by atoms with Crippen molar-refractivity contribution in [3.63, 3.8) is 0 Å². The van der Waals surface area contributed by atoms with E-state index in [4.69, 9.17) is 9.15 Å². The highest BCUT2D eigenvalue weighted by Gasteiger charge is 2.31. The molecule has 0 radical (unpaired) electrons. The van der Waals surface area contributed by atoms with Gasteiger partial charge >= 0.3 is 5.97 Å². The van der Waals surface area contributed by atoms with E-state index in [-0.39, 0.29) is 23.6 Å². The summed E-state index contributed by atoms with van der Waals surface area (Å²) in [6, 6.07) is 4.31. The summed E-state index contributed by atoms with van der Waals surface area (Å²) < 4.78 is 23.7. The maximum absolute atomic E-state index is 13.2. The van der Waals surface area contributed by atoms with Crippen LogP contribution in [-0.4, -0.2) is 18.1 Å². The molecule has 1 fully saturated rings. The van der Waals surface area contributed by atoms with Gasteiger partial charge in [0, 0.05) is 12.0 Å². The van der Waals surface area contributed by atoms with Gasteiger partial charge in [-0.25, -0.2) is 9.37 Å². The summed E-state index contributed by atoms with van der Waals surface area (Å²) in [5.41, 5.74) is 1.11. The van der Waals surface area contributed by atoms with Gasteiger partial charge in [-0.1, -0.05) is 6.42 Å². The number of hydrogen-bond donors (Lipinski definition) is 0. The molecule has 0 amide bonds. The Kier molecular flexibility index (Phi) is 3.42. The number of carbonyl (C=O) groups excluding carboxylic acids is 1. The normalized spacial score (nSPS) is 22.9. The molecule has 2 unspecified atom stereocenters. The van der Waals surface area contributed by atoms with Gasteiger partial charge in [0.25, 0.3) is 0 Å². The third-order valence-electron chi connectivity index (χ3n) is 3.92. The molecule has 20 heavy (non-hydrogen) atoms. The van der Waals surface area contributed by atoms with Crippen LogP contribution in [0.25, 0.3) is 11.1 Å². The molecule has 0 spiro atoms. The molecular formula is C15H16FNO3. The van der Waals surface area contributed by atoms with Crippen molar-refractivity contribution in [2.75, 3.05) is 7.11 Å². The molecule has 1 aromatic carbocycles. The summed E-state index contributed by atoms with van der Waals surface area (Å²) in [6.45, 7) is 0. The zero-order valence-corrected chi connectivity index (χ0v) is 11.3. The van der Waals surface area contributed by atoms with Crippen molar-refractivity contribution >= 4 is 17.1 Å². The number of ether oxygens (including phenoxy) is 1. The van der Waals surface area contributed by atoms with Crippen LogP contribution in [0.15, 0.2) is 22.6 Å². The van der Waals surface area contributed by atoms with Gasteiger partial charge in [0.05, 0.1) is 13.0 Å². The first-order chi connectivity index (χ1) is 9.67. The van der Waals surface area contributed by atoms with Crippen molar-refractivity contribution in [2.45, 2.75) is 31.6 Å². The molecule has 2 atom stereocenters. The Labute approximate surface area is 115 Å². The summed E-state index contributed by atoms with van der Waals surface area (Å²) in [7, 11) is 1.41. The van der Waals surface area contributed by atoms with Crippen molar-refractivity contribution < 1.29 is 18.3 Å². The van der Waals surface area contributed by atoms with Crippen LogP contribution in [0.1, 0.15) is 37.5 Å². The van der Waals surface area contributed by atoms with Crippen LogP contribution >= 0.6 is 0 Å². The minimum absolute atomic E-state index is 0.0921. The first-order valence-corrected chi connectivity index (χ1v) is 6.81. The number of aromatic nitrogens is 1. The van der Waals surface area contributed by atoms with E-state index in [1.54, 1.807) is 6.07 Å². The third-order valence-corrected chi connectivity index (χ3v) is 3.92. The van der Waals surface area contributed by atoms with E-state index in [2.05, 4.69) is 4.98 Å². The Balaban J connectivity index is 1.84. The summed E-state index contributed by atoms with van der Waals surface area (Å²) in [5.74, 6) is 0.110. The van der Waals surface area contributed by atoms with Gasteiger partial charge in [-0.3, -0.25) is 4.79 Å². The molecule has 1 aliphatic rings. The molecule has 1 aliphatic carbocycles. The Bertz CT molecular complexity index is 637. The number of hydrogen-bond acceptors (Lipinski definition) is 4. The van der Waals surface area contributed by atoms with Crippen LogP contribution in [0.2, 0.25) is 0 Å². The van der Waals surface area contributed by atoms with Gasteiger partial charge in [-0.05, 0) is 31.4 Å². The number of fused-ring (bicyclic) bond motifs is 1. The molecule has 1 saturated carbocycles. The van der Waals surface area contributed by atoms with Crippen LogP contribution in [0.3, 0.4) is 0 Å². The fraction of sp³-hybridized carbons (Fsp3) is 0.467. The van der Waals surface area contributed by atoms with Crippen molar-refractivity contribution in [3.8, 4) is 0 Å². The molecule has 0 bridgehead atoms. The quantitative estimate of drug-likeness (QED) is 0.789. The van der Waals surface area contributed by atoms with Gasteiger partial charge in [-0.15, -0.1) is 0 Å². The van der Waals surface area contributed by atoms with Crippen molar-refractivity contribution in [1.82, 2.24) is 4.98 Å². The minimum Gasteiger partial charge on any atom is -0.469 e. The van der Waals surface area contributed by atoms with Crippen molar-refractivity contribution in [1.29, 1.82) is 0 Å². The topological polar surface area (TPSA) is 52.3 Å². The molecule has 5 heteroatoms. The Morgan fingerprint density at radius 2 is 2.30 bits per heavy atom. The second kappa shape index (κ2) is 5.23. The molecule has 4 nitrogen and oxygen atoms in total. The number of halogens is 1. The fourth-order valence-corrected chi connectivity index (χ4v) is 2.89. The number of carbonyl (C=O) groups is 1. The summed E-state index contributed by atoms with van der Waals surface area (Å²) in [4.78, 5) is 16.0. The fourth-order valence-electron chi connectivity index (χ4n) is 2.89.